The van der Waals surface area contributed by atoms with Crippen molar-refractivity contribution in [2.75, 3.05) is 26.8 Å². The summed E-state index contributed by atoms with van der Waals surface area (Å²) in [6.45, 7) is 4.07. The van der Waals surface area contributed by atoms with E-state index in [1.807, 2.05) is 11.0 Å². The van der Waals surface area contributed by atoms with Crippen molar-refractivity contribution < 1.29 is 9.53 Å². The molecular weight excluding hydrogens is 264 g/mol. The second-order valence-electron chi connectivity index (χ2n) is 5.82. The molecular formula is C17H26N2O2. The molecule has 1 heterocycles. The maximum atomic E-state index is 12.3. The summed E-state index contributed by atoms with van der Waals surface area (Å²) in [5.41, 5.74) is 7.26. The Bertz CT molecular complexity index is 449. The number of rotatable bonds is 5. The van der Waals surface area contributed by atoms with Crippen LogP contribution in [-0.4, -0.2) is 43.7 Å². The number of carbonyl (C=O) groups excluding carboxylic acids is 1. The van der Waals surface area contributed by atoms with Gasteiger partial charge in [0, 0.05) is 20.2 Å². The van der Waals surface area contributed by atoms with Gasteiger partial charge in [0.05, 0.1) is 6.61 Å². The first-order valence-electron chi connectivity index (χ1n) is 7.75. The zero-order valence-electron chi connectivity index (χ0n) is 13.0. The van der Waals surface area contributed by atoms with Gasteiger partial charge in [-0.2, -0.15) is 0 Å². The number of piperidine rings is 1. The second kappa shape index (κ2) is 7.57. The molecule has 0 bridgehead atoms. The molecule has 3 unspecified atom stereocenters. The van der Waals surface area contributed by atoms with Crippen LogP contribution >= 0.6 is 0 Å². The van der Waals surface area contributed by atoms with Crippen molar-refractivity contribution in [3.63, 3.8) is 0 Å². The van der Waals surface area contributed by atoms with Crippen molar-refractivity contribution >= 4 is 5.91 Å². The lowest BCUT2D eigenvalue weighted by Gasteiger charge is -2.39. The highest BCUT2D eigenvalue weighted by Crippen LogP contribution is 2.34. The van der Waals surface area contributed by atoms with E-state index < -0.39 is 6.04 Å². The van der Waals surface area contributed by atoms with E-state index in [-0.39, 0.29) is 12.5 Å². The molecule has 1 aromatic rings. The highest BCUT2D eigenvalue weighted by molar-refractivity contribution is 5.82. The van der Waals surface area contributed by atoms with Crippen LogP contribution in [0.2, 0.25) is 0 Å². The van der Waals surface area contributed by atoms with Crippen LogP contribution in [0.1, 0.15) is 31.2 Å². The van der Waals surface area contributed by atoms with E-state index >= 15 is 0 Å². The predicted octanol–water partition coefficient (Wildman–Crippen LogP) is 2.00. The molecule has 2 rings (SSSR count). The Kier molecular flexibility index (Phi) is 5.76. The van der Waals surface area contributed by atoms with Gasteiger partial charge in [0.25, 0.3) is 0 Å². The molecule has 116 valence electrons. The third-order valence-electron chi connectivity index (χ3n) is 4.46. The van der Waals surface area contributed by atoms with E-state index in [4.69, 9.17) is 10.5 Å². The van der Waals surface area contributed by atoms with E-state index in [1.165, 1.54) is 5.56 Å². The summed E-state index contributed by atoms with van der Waals surface area (Å²) in [6.07, 6.45) is 2.08. The number of methoxy groups -OCH3 is 1. The summed E-state index contributed by atoms with van der Waals surface area (Å²) < 4.78 is 4.99. The number of hydrogen-bond donors (Lipinski definition) is 1. The molecule has 0 saturated carbocycles. The number of ether oxygens (including phenoxy) is 1. The van der Waals surface area contributed by atoms with E-state index in [2.05, 4.69) is 31.2 Å². The Hall–Kier alpha value is -1.39. The fourth-order valence-corrected chi connectivity index (χ4v) is 3.27. The second-order valence-corrected chi connectivity index (χ2v) is 5.82. The van der Waals surface area contributed by atoms with Gasteiger partial charge in [-0.25, -0.2) is 0 Å². The predicted molar refractivity (Wildman–Crippen MR) is 84.0 cm³/mol. The molecule has 3 atom stereocenters. The van der Waals surface area contributed by atoms with Crippen LogP contribution in [-0.2, 0) is 9.53 Å². The van der Waals surface area contributed by atoms with Gasteiger partial charge in [-0.15, -0.1) is 0 Å². The van der Waals surface area contributed by atoms with Gasteiger partial charge < -0.3 is 15.4 Å². The Morgan fingerprint density at radius 1 is 1.43 bits per heavy atom. The smallest absolute Gasteiger partial charge is 0.241 e. The van der Waals surface area contributed by atoms with Gasteiger partial charge in [-0.3, -0.25) is 4.79 Å². The van der Waals surface area contributed by atoms with Crippen molar-refractivity contribution in [2.45, 2.75) is 31.7 Å². The van der Waals surface area contributed by atoms with Crippen LogP contribution in [0.25, 0.3) is 0 Å². The summed E-state index contributed by atoms with van der Waals surface area (Å²) in [5.74, 6) is 1.06. The monoisotopic (exact) mass is 290 g/mol. The third-order valence-corrected chi connectivity index (χ3v) is 4.46. The zero-order chi connectivity index (χ0) is 15.2. The number of likely N-dealkylation sites (tertiary alicyclic amines) is 1. The van der Waals surface area contributed by atoms with E-state index in [0.717, 1.165) is 25.9 Å². The Morgan fingerprint density at radius 3 is 2.76 bits per heavy atom. The van der Waals surface area contributed by atoms with Crippen LogP contribution in [0.4, 0.5) is 0 Å². The van der Waals surface area contributed by atoms with Crippen LogP contribution in [0, 0.1) is 5.92 Å². The van der Waals surface area contributed by atoms with Crippen molar-refractivity contribution in [3.05, 3.63) is 35.9 Å². The number of nitrogens with zero attached hydrogens (tertiary/aromatic N) is 1. The van der Waals surface area contributed by atoms with Crippen LogP contribution in [0.15, 0.2) is 30.3 Å². The van der Waals surface area contributed by atoms with Gasteiger partial charge in [0.15, 0.2) is 0 Å². The standard InChI is InChI=1S/C17H26N2O2/c1-3-13-11-19(17(20)16(18)12-21-2)10-9-15(13)14-7-5-4-6-8-14/h4-8,13,15-16H,3,9-12,18H2,1-2H3. The van der Waals surface area contributed by atoms with Crippen molar-refractivity contribution in [1.82, 2.24) is 4.90 Å². The minimum atomic E-state index is -0.541. The minimum Gasteiger partial charge on any atom is -0.383 e. The Labute approximate surface area is 127 Å². The average Bonchev–Trinajstić information content (AvgIpc) is 2.54. The summed E-state index contributed by atoms with van der Waals surface area (Å²) in [5, 5.41) is 0. The molecule has 1 aliphatic rings. The molecule has 0 aromatic heterocycles. The molecule has 0 radical (unpaired) electrons. The molecule has 1 fully saturated rings. The average molecular weight is 290 g/mol. The minimum absolute atomic E-state index is 0.0156. The third kappa shape index (κ3) is 3.83. The first-order chi connectivity index (χ1) is 10.2. The van der Waals surface area contributed by atoms with Gasteiger partial charge in [0.2, 0.25) is 5.91 Å². The van der Waals surface area contributed by atoms with E-state index in [1.54, 1.807) is 7.11 Å². The normalized spacial score (nSPS) is 23.9. The SMILES string of the molecule is CCC1CN(C(=O)C(N)COC)CCC1c1ccccc1. The molecule has 4 nitrogen and oxygen atoms in total. The number of nitrogens with two attached hydrogens (primary N) is 1. The molecule has 1 aliphatic heterocycles. The molecule has 1 aromatic carbocycles. The largest absolute Gasteiger partial charge is 0.383 e. The lowest BCUT2D eigenvalue weighted by atomic mass is 9.79. The Morgan fingerprint density at radius 2 is 2.14 bits per heavy atom. The number of benzene rings is 1. The fraction of sp³-hybridized carbons (Fsp3) is 0.588. The molecule has 21 heavy (non-hydrogen) atoms. The summed E-state index contributed by atoms with van der Waals surface area (Å²) in [4.78, 5) is 14.2. The number of carbonyl (C=O) groups is 1. The highest BCUT2D eigenvalue weighted by Gasteiger charge is 2.32. The van der Waals surface area contributed by atoms with E-state index in [9.17, 15) is 4.79 Å². The molecule has 4 heteroatoms. The number of hydrogen-bond acceptors (Lipinski definition) is 3. The first-order valence-corrected chi connectivity index (χ1v) is 7.75. The quantitative estimate of drug-likeness (QED) is 0.902. The topological polar surface area (TPSA) is 55.6 Å². The molecule has 2 N–H and O–H groups in total. The first kappa shape index (κ1) is 16.0. The Balaban J connectivity index is 2.03. The van der Waals surface area contributed by atoms with Gasteiger partial charge in [-0.1, -0.05) is 43.7 Å². The van der Waals surface area contributed by atoms with Gasteiger partial charge >= 0.3 is 0 Å². The molecule has 1 saturated heterocycles. The van der Waals surface area contributed by atoms with Crippen LogP contribution in [0.5, 0.6) is 0 Å². The van der Waals surface area contributed by atoms with Gasteiger partial charge in [-0.05, 0) is 23.8 Å². The van der Waals surface area contributed by atoms with Crippen molar-refractivity contribution in [2.24, 2.45) is 11.7 Å². The maximum absolute atomic E-state index is 12.3. The number of amides is 1. The summed E-state index contributed by atoms with van der Waals surface area (Å²) >= 11 is 0. The fourth-order valence-electron chi connectivity index (χ4n) is 3.27. The zero-order valence-corrected chi connectivity index (χ0v) is 13.0. The van der Waals surface area contributed by atoms with Crippen molar-refractivity contribution in [3.8, 4) is 0 Å². The molecule has 1 amide bonds. The van der Waals surface area contributed by atoms with Gasteiger partial charge in [0.1, 0.15) is 6.04 Å². The maximum Gasteiger partial charge on any atom is 0.241 e. The highest BCUT2D eigenvalue weighted by atomic mass is 16.5. The van der Waals surface area contributed by atoms with E-state index in [0.29, 0.717) is 11.8 Å². The van der Waals surface area contributed by atoms with Crippen LogP contribution < -0.4 is 5.73 Å². The summed E-state index contributed by atoms with van der Waals surface area (Å²) in [6, 6.07) is 10.1. The van der Waals surface area contributed by atoms with Crippen molar-refractivity contribution in [1.29, 1.82) is 0 Å². The molecule has 0 spiro atoms. The molecule has 0 aliphatic carbocycles. The lowest BCUT2D eigenvalue weighted by Crippen LogP contribution is -2.51. The summed E-state index contributed by atoms with van der Waals surface area (Å²) in [7, 11) is 1.57. The van der Waals surface area contributed by atoms with Crippen LogP contribution in [0.3, 0.4) is 0 Å². The lowest BCUT2D eigenvalue weighted by molar-refractivity contribution is -0.135.